The molecule has 1 aliphatic rings. The van der Waals surface area contributed by atoms with Crippen molar-refractivity contribution in [3.8, 4) is 10.6 Å². The average Bonchev–Trinajstić information content (AvgIpc) is 3.23. The van der Waals surface area contributed by atoms with Gasteiger partial charge in [-0.05, 0) is 44.4 Å². The van der Waals surface area contributed by atoms with Crippen LogP contribution in [-0.2, 0) is 10.0 Å². The normalized spacial score (nSPS) is 15.0. The van der Waals surface area contributed by atoms with E-state index in [1.165, 1.54) is 21.7 Å². The van der Waals surface area contributed by atoms with Crippen molar-refractivity contribution >= 4 is 32.4 Å². The third kappa shape index (κ3) is 4.68. The number of nitrogens with one attached hydrogen (secondary N) is 1. The summed E-state index contributed by atoms with van der Waals surface area (Å²) in [6, 6.07) is 12.7. The summed E-state index contributed by atoms with van der Waals surface area (Å²) in [5, 5.41) is 12.0. The van der Waals surface area contributed by atoms with Gasteiger partial charge >= 0.3 is 0 Å². The zero-order chi connectivity index (χ0) is 22.0. The van der Waals surface area contributed by atoms with Crippen LogP contribution in [0.5, 0.6) is 0 Å². The van der Waals surface area contributed by atoms with Gasteiger partial charge in [0.05, 0.1) is 4.90 Å². The van der Waals surface area contributed by atoms with Crippen molar-refractivity contribution in [1.82, 2.24) is 14.5 Å². The lowest BCUT2D eigenvalue weighted by Crippen LogP contribution is -2.36. The second kappa shape index (κ2) is 8.86. The van der Waals surface area contributed by atoms with Crippen molar-refractivity contribution in [2.45, 2.75) is 38.0 Å². The molecule has 4 rings (SSSR count). The van der Waals surface area contributed by atoms with Crippen LogP contribution < -0.4 is 5.32 Å². The topological polar surface area (TPSA) is 92.3 Å². The maximum atomic E-state index is 13.1. The number of rotatable bonds is 5. The lowest BCUT2D eigenvalue weighted by molar-refractivity contribution is 0.102. The van der Waals surface area contributed by atoms with Crippen LogP contribution in [0.3, 0.4) is 0 Å². The second-order valence-electron chi connectivity index (χ2n) is 7.68. The van der Waals surface area contributed by atoms with E-state index in [1.807, 2.05) is 31.2 Å². The molecule has 31 heavy (non-hydrogen) atoms. The van der Waals surface area contributed by atoms with Gasteiger partial charge in [-0.3, -0.25) is 10.1 Å². The van der Waals surface area contributed by atoms with E-state index in [9.17, 15) is 13.2 Å². The van der Waals surface area contributed by atoms with E-state index in [1.54, 1.807) is 19.1 Å². The highest BCUT2D eigenvalue weighted by molar-refractivity contribution is 7.89. The molecule has 1 saturated heterocycles. The van der Waals surface area contributed by atoms with Crippen LogP contribution in [0.25, 0.3) is 10.6 Å². The molecule has 1 N–H and O–H groups in total. The van der Waals surface area contributed by atoms with Crippen LogP contribution in [0.4, 0.5) is 5.13 Å². The lowest BCUT2D eigenvalue weighted by atomic mass is 10.1. The highest BCUT2D eigenvalue weighted by Crippen LogP contribution is 2.28. The number of benzene rings is 2. The minimum atomic E-state index is -3.63. The Balaban J connectivity index is 1.54. The van der Waals surface area contributed by atoms with Crippen LogP contribution in [0, 0.1) is 13.8 Å². The maximum Gasteiger partial charge on any atom is 0.257 e. The minimum Gasteiger partial charge on any atom is -0.296 e. The quantitative estimate of drug-likeness (QED) is 0.620. The van der Waals surface area contributed by atoms with Crippen LogP contribution in [0.15, 0.2) is 47.4 Å². The number of carbonyl (C=O) groups excluding carboxylic acids is 1. The molecule has 1 aromatic heterocycles. The molecule has 2 heterocycles. The summed E-state index contributed by atoms with van der Waals surface area (Å²) in [5.41, 5.74) is 2.97. The van der Waals surface area contributed by atoms with Gasteiger partial charge in [-0.25, -0.2) is 8.42 Å². The third-order valence-corrected chi connectivity index (χ3v) is 8.26. The summed E-state index contributed by atoms with van der Waals surface area (Å²) < 4.78 is 27.7. The first-order valence-corrected chi connectivity index (χ1v) is 12.4. The Kier molecular flexibility index (Phi) is 6.17. The van der Waals surface area contributed by atoms with Crippen molar-refractivity contribution in [3.05, 3.63) is 59.2 Å². The molecule has 7 nitrogen and oxygen atoms in total. The summed E-state index contributed by atoms with van der Waals surface area (Å²) in [7, 11) is -3.63. The van der Waals surface area contributed by atoms with Crippen LogP contribution in [0.1, 0.15) is 40.7 Å². The Morgan fingerprint density at radius 2 is 1.71 bits per heavy atom. The molecule has 162 valence electrons. The van der Waals surface area contributed by atoms with Crippen molar-refractivity contribution in [2.24, 2.45) is 0 Å². The van der Waals surface area contributed by atoms with Gasteiger partial charge in [0.15, 0.2) is 0 Å². The van der Waals surface area contributed by atoms with Gasteiger partial charge in [-0.15, -0.1) is 10.2 Å². The van der Waals surface area contributed by atoms with Gasteiger partial charge in [0.2, 0.25) is 15.2 Å². The van der Waals surface area contributed by atoms with Crippen molar-refractivity contribution in [1.29, 1.82) is 0 Å². The number of nitrogens with zero attached hydrogens (tertiary/aromatic N) is 3. The Morgan fingerprint density at radius 1 is 1.00 bits per heavy atom. The number of carbonyl (C=O) groups is 1. The zero-order valence-electron chi connectivity index (χ0n) is 17.5. The molecule has 1 fully saturated rings. The molecule has 0 bridgehead atoms. The van der Waals surface area contributed by atoms with Crippen LogP contribution in [0.2, 0.25) is 0 Å². The standard InChI is InChI=1S/C22H24N4O3S2/c1-15-6-9-17(10-7-15)21-24-25-22(30-21)23-20(27)18-11-8-16(2)19(14-18)31(28,29)26-12-4-3-5-13-26/h6-11,14H,3-5,12-13H2,1-2H3,(H,23,25,27). The van der Waals surface area contributed by atoms with Crippen molar-refractivity contribution < 1.29 is 13.2 Å². The Labute approximate surface area is 186 Å². The fourth-order valence-electron chi connectivity index (χ4n) is 3.52. The highest BCUT2D eigenvalue weighted by Gasteiger charge is 2.28. The van der Waals surface area contributed by atoms with E-state index in [0.29, 0.717) is 28.8 Å². The largest absolute Gasteiger partial charge is 0.296 e. The molecule has 0 aliphatic carbocycles. The van der Waals surface area contributed by atoms with E-state index >= 15 is 0 Å². The first-order valence-electron chi connectivity index (χ1n) is 10.2. The predicted molar refractivity (Wildman–Crippen MR) is 122 cm³/mol. The molecule has 3 aromatic rings. The SMILES string of the molecule is Cc1ccc(-c2nnc(NC(=O)c3ccc(C)c(S(=O)(=O)N4CCCCC4)c3)s2)cc1. The number of aromatic nitrogens is 2. The lowest BCUT2D eigenvalue weighted by Gasteiger charge is -2.26. The number of amides is 1. The zero-order valence-corrected chi connectivity index (χ0v) is 19.1. The first kappa shape index (κ1) is 21.6. The van der Waals surface area contributed by atoms with E-state index in [4.69, 9.17) is 0 Å². The molecule has 0 atom stereocenters. The van der Waals surface area contributed by atoms with E-state index in [-0.39, 0.29) is 10.5 Å². The molecule has 2 aromatic carbocycles. The monoisotopic (exact) mass is 456 g/mol. The summed E-state index contributed by atoms with van der Waals surface area (Å²) in [5.74, 6) is -0.415. The Morgan fingerprint density at radius 3 is 2.42 bits per heavy atom. The molecule has 9 heteroatoms. The number of aryl methyl sites for hydroxylation is 2. The third-order valence-electron chi connectivity index (χ3n) is 5.33. The van der Waals surface area contributed by atoms with Crippen molar-refractivity contribution in [2.75, 3.05) is 18.4 Å². The molecule has 0 saturated carbocycles. The fourth-order valence-corrected chi connectivity index (χ4v) is 6.03. The number of hydrogen-bond donors (Lipinski definition) is 1. The molecule has 0 spiro atoms. The van der Waals surface area contributed by atoms with Gasteiger partial charge < -0.3 is 0 Å². The second-order valence-corrected chi connectivity index (χ2v) is 10.6. The average molecular weight is 457 g/mol. The first-order chi connectivity index (χ1) is 14.8. The summed E-state index contributed by atoms with van der Waals surface area (Å²) in [6.07, 6.45) is 2.76. The molecule has 1 amide bonds. The molecule has 1 aliphatic heterocycles. The molecule has 0 radical (unpaired) electrons. The highest BCUT2D eigenvalue weighted by atomic mass is 32.2. The smallest absolute Gasteiger partial charge is 0.257 e. The van der Waals surface area contributed by atoms with Crippen molar-refractivity contribution in [3.63, 3.8) is 0 Å². The predicted octanol–water partition coefficient (Wildman–Crippen LogP) is 4.25. The number of sulfonamides is 1. The molecular formula is C22H24N4O3S2. The number of anilines is 1. The molecular weight excluding hydrogens is 432 g/mol. The molecule has 0 unspecified atom stereocenters. The Bertz CT molecular complexity index is 1200. The van der Waals surface area contributed by atoms with Gasteiger partial charge in [0, 0.05) is 24.2 Å². The van der Waals surface area contributed by atoms with Gasteiger partial charge in [-0.1, -0.05) is 53.7 Å². The minimum absolute atomic E-state index is 0.180. The summed E-state index contributed by atoms with van der Waals surface area (Å²) in [6.45, 7) is 4.80. The Hall–Kier alpha value is -2.62. The van der Waals surface area contributed by atoms with Crippen LogP contribution in [-0.4, -0.2) is 41.9 Å². The van der Waals surface area contributed by atoms with Gasteiger partial charge in [-0.2, -0.15) is 4.31 Å². The van der Waals surface area contributed by atoms with E-state index in [0.717, 1.165) is 30.4 Å². The summed E-state index contributed by atoms with van der Waals surface area (Å²) >= 11 is 1.27. The van der Waals surface area contributed by atoms with Crippen LogP contribution >= 0.6 is 11.3 Å². The fraction of sp³-hybridized carbons (Fsp3) is 0.318. The summed E-state index contributed by atoms with van der Waals surface area (Å²) in [4.78, 5) is 13.0. The van der Waals surface area contributed by atoms with E-state index in [2.05, 4.69) is 15.5 Å². The van der Waals surface area contributed by atoms with Gasteiger partial charge in [0.25, 0.3) is 5.91 Å². The maximum absolute atomic E-state index is 13.1. The van der Waals surface area contributed by atoms with Gasteiger partial charge in [0.1, 0.15) is 5.01 Å². The number of hydrogen-bond acceptors (Lipinski definition) is 6. The van der Waals surface area contributed by atoms with E-state index < -0.39 is 15.9 Å². The number of piperidine rings is 1.